The van der Waals surface area contributed by atoms with Crippen LogP contribution in [0.2, 0.25) is 13.1 Å². The van der Waals surface area contributed by atoms with Crippen LogP contribution in [0.1, 0.15) is 12.8 Å². The summed E-state index contributed by atoms with van der Waals surface area (Å²) in [6, 6.07) is 0. The molecule has 10 heteroatoms. The monoisotopic (exact) mass is 306 g/mol. The molecule has 0 bridgehead atoms. The van der Waals surface area contributed by atoms with Gasteiger partial charge in [0.15, 0.2) is 0 Å². The molecule has 0 aliphatic rings. The van der Waals surface area contributed by atoms with E-state index in [1.165, 1.54) is 0 Å². The molecule has 0 amide bonds. The van der Waals surface area contributed by atoms with Gasteiger partial charge in [-0.15, -0.1) is 0 Å². The zero-order valence-electron chi connectivity index (χ0n) is 9.39. The van der Waals surface area contributed by atoms with Gasteiger partial charge in [0.25, 0.3) is 5.55 Å². The smallest absolute Gasteiger partial charge is 0.205 e. The van der Waals surface area contributed by atoms with E-state index in [0.29, 0.717) is 13.1 Å². The predicted octanol–water partition coefficient (Wildman–Crippen LogP) is 4.26. The van der Waals surface area contributed by atoms with Crippen molar-refractivity contribution in [3.63, 3.8) is 0 Å². The zero-order valence-corrected chi connectivity index (χ0v) is 10.5. The Hall–Kier alpha value is -0.413. The van der Waals surface area contributed by atoms with Gasteiger partial charge in [0.2, 0.25) is 0 Å². The Morgan fingerprint density at radius 1 is 0.722 bits per heavy atom. The van der Waals surface area contributed by atoms with Crippen LogP contribution in [0.5, 0.6) is 0 Å². The first-order chi connectivity index (χ1) is 7.65. The van der Waals surface area contributed by atoms with Crippen molar-refractivity contribution in [3.05, 3.63) is 0 Å². The van der Waals surface area contributed by atoms with Crippen LogP contribution in [0.4, 0.5) is 39.5 Å². The number of halogens is 9. The van der Waals surface area contributed by atoms with Crippen LogP contribution in [0.15, 0.2) is 0 Å². The first kappa shape index (κ1) is 17.6. The number of rotatable bonds is 5. The average Bonchev–Trinajstić information content (AvgIpc) is 2.13. The van der Waals surface area contributed by atoms with Crippen molar-refractivity contribution >= 4 is 8.80 Å². The molecule has 0 atom stereocenters. The molecule has 0 aromatic rings. The topological polar surface area (TPSA) is 0 Å². The largest absolute Gasteiger partial charge is 0.389 e. The van der Waals surface area contributed by atoms with E-state index in [9.17, 15) is 39.5 Å². The van der Waals surface area contributed by atoms with Gasteiger partial charge in [0, 0.05) is 12.8 Å². The highest BCUT2D eigenvalue weighted by molar-refractivity contribution is 6.58. The third kappa shape index (κ3) is 3.54. The van der Waals surface area contributed by atoms with Crippen molar-refractivity contribution in [2.75, 3.05) is 0 Å². The molecule has 0 unspecified atom stereocenters. The molecule has 0 heterocycles. The van der Waals surface area contributed by atoms with Gasteiger partial charge in [-0.3, -0.25) is 0 Å². The maximum absolute atomic E-state index is 13.0. The van der Waals surface area contributed by atoms with E-state index in [4.69, 9.17) is 0 Å². The molecule has 0 radical (unpaired) electrons. The van der Waals surface area contributed by atoms with Crippen molar-refractivity contribution in [2.45, 2.75) is 49.5 Å². The van der Waals surface area contributed by atoms with Gasteiger partial charge >= 0.3 is 18.0 Å². The van der Waals surface area contributed by atoms with Crippen molar-refractivity contribution in [1.29, 1.82) is 0 Å². The van der Waals surface area contributed by atoms with Gasteiger partial charge in [-0.05, 0) is 0 Å². The van der Waals surface area contributed by atoms with E-state index in [1.54, 1.807) is 0 Å². The van der Waals surface area contributed by atoms with Gasteiger partial charge in [-0.1, -0.05) is 13.1 Å². The summed E-state index contributed by atoms with van der Waals surface area (Å²) in [4.78, 5) is 0. The molecule has 0 fully saturated rings. The molecule has 0 aliphatic carbocycles. The molecule has 110 valence electrons. The summed E-state index contributed by atoms with van der Waals surface area (Å²) in [7, 11) is -3.52. The van der Waals surface area contributed by atoms with Gasteiger partial charge < -0.3 is 0 Å². The van der Waals surface area contributed by atoms with Crippen LogP contribution in [-0.2, 0) is 0 Å². The van der Waals surface area contributed by atoms with E-state index in [1.807, 2.05) is 0 Å². The molecule has 0 N–H and O–H groups in total. The third-order valence-electron chi connectivity index (χ3n) is 2.33. The van der Waals surface area contributed by atoms with E-state index in [0.717, 1.165) is 0 Å². The van der Waals surface area contributed by atoms with E-state index in [2.05, 4.69) is 0 Å². The summed E-state index contributed by atoms with van der Waals surface area (Å²) in [5, 5.41) is 0. The highest BCUT2D eigenvalue weighted by Crippen LogP contribution is 2.49. The SMILES string of the molecule is C[SiH](C)C(F)(F)C(F)(F)C(F)(F)CCC(F)(F)F. The van der Waals surface area contributed by atoms with Crippen LogP contribution in [0.3, 0.4) is 0 Å². The van der Waals surface area contributed by atoms with Crippen LogP contribution in [0.25, 0.3) is 0 Å². The van der Waals surface area contributed by atoms with Gasteiger partial charge in [-0.25, -0.2) is 8.78 Å². The molecule has 0 saturated carbocycles. The number of hydrogen-bond donors (Lipinski definition) is 0. The van der Waals surface area contributed by atoms with Crippen molar-refractivity contribution in [2.24, 2.45) is 0 Å². The summed E-state index contributed by atoms with van der Waals surface area (Å²) in [6.45, 7) is 1.43. The Labute approximate surface area is 98.8 Å². The second-order valence-electron chi connectivity index (χ2n) is 4.17. The summed E-state index contributed by atoms with van der Waals surface area (Å²) in [5.41, 5.74) is -4.96. The Morgan fingerprint density at radius 3 is 1.39 bits per heavy atom. The molecular weight excluding hydrogens is 295 g/mol. The van der Waals surface area contributed by atoms with Gasteiger partial charge in [0.1, 0.15) is 8.80 Å². The fourth-order valence-corrected chi connectivity index (χ4v) is 2.00. The maximum atomic E-state index is 13.0. The van der Waals surface area contributed by atoms with E-state index in [-0.39, 0.29) is 0 Å². The van der Waals surface area contributed by atoms with E-state index >= 15 is 0 Å². The van der Waals surface area contributed by atoms with Crippen molar-refractivity contribution < 1.29 is 39.5 Å². The van der Waals surface area contributed by atoms with Gasteiger partial charge in [0.05, 0.1) is 0 Å². The summed E-state index contributed by atoms with van der Waals surface area (Å²) >= 11 is 0. The van der Waals surface area contributed by atoms with Crippen LogP contribution in [-0.4, -0.2) is 32.4 Å². The Bertz CT molecular complexity index is 281. The maximum Gasteiger partial charge on any atom is 0.389 e. The highest BCUT2D eigenvalue weighted by atomic mass is 28.3. The van der Waals surface area contributed by atoms with Gasteiger partial charge in [-0.2, -0.15) is 30.7 Å². The van der Waals surface area contributed by atoms with Crippen LogP contribution < -0.4 is 0 Å². The molecule has 0 rings (SSSR count). The highest BCUT2D eigenvalue weighted by Gasteiger charge is 2.71. The average molecular weight is 306 g/mol. The number of hydrogen-bond acceptors (Lipinski definition) is 0. The van der Waals surface area contributed by atoms with E-state index < -0.39 is 45.2 Å². The summed E-state index contributed by atoms with van der Waals surface area (Å²) < 4.78 is 113. The summed E-state index contributed by atoms with van der Waals surface area (Å²) in [5.74, 6) is -11.2. The van der Waals surface area contributed by atoms with Crippen LogP contribution in [0, 0.1) is 0 Å². The molecule has 0 aliphatic heterocycles. The van der Waals surface area contributed by atoms with Crippen LogP contribution >= 0.6 is 0 Å². The molecule has 0 aromatic carbocycles. The summed E-state index contributed by atoms with van der Waals surface area (Å²) in [6.07, 6.45) is -9.71. The predicted molar refractivity (Wildman–Crippen MR) is 49.0 cm³/mol. The lowest BCUT2D eigenvalue weighted by Crippen LogP contribution is -2.59. The molecule has 18 heavy (non-hydrogen) atoms. The third-order valence-corrected chi connectivity index (χ3v) is 4.14. The Kier molecular flexibility index (Phi) is 4.82. The van der Waals surface area contributed by atoms with Crippen molar-refractivity contribution in [1.82, 2.24) is 0 Å². The second kappa shape index (κ2) is 4.93. The fraction of sp³-hybridized carbons (Fsp3) is 1.00. The first-order valence-electron chi connectivity index (χ1n) is 4.85. The lowest BCUT2D eigenvalue weighted by atomic mass is 10.1. The lowest BCUT2D eigenvalue weighted by Gasteiger charge is -2.35. The Balaban J connectivity index is 5.08. The molecular formula is C8H11F9Si. The minimum atomic E-state index is -5.77. The molecule has 0 saturated heterocycles. The minimum absolute atomic E-state index is 0.716. The quantitative estimate of drug-likeness (QED) is 0.526. The standard InChI is InChI=1S/C8H11F9Si/c1-18(2)8(16,17)7(14,15)5(9,10)3-4-6(11,12)13/h18H,3-4H2,1-2H3. The zero-order chi connectivity index (χ0) is 15.0. The second-order valence-corrected chi connectivity index (χ2v) is 7.21. The molecule has 0 aromatic heterocycles. The van der Waals surface area contributed by atoms with Crippen molar-refractivity contribution in [3.8, 4) is 0 Å². The minimum Gasteiger partial charge on any atom is -0.205 e. The normalized spacial score (nSPS) is 15.3. The number of alkyl halides is 9. The first-order valence-corrected chi connectivity index (χ1v) is 7.74. The molecule has 0 nitrogen and oxygen atoms in total. The Morgan fingerprint density at radius 2 is 1.11 bits per heavy atom. The fourth-order valence-electron chi connectivity index (χ4n) is 1.06. The molecule has 0 spiro atoms. The lowest BCUT2D eigenvalue weighted by molar-refractivity contribution is -0.290.